The first-order chi connectivity index (χ1) is 10.6. The van der Waals surface area contributed by atoms with Gasteiger partial charge >= 0.3 is 0 Å². The lowest BCUT2D eigenvalue weighted by molar-refractivity contribution is -0.384. The van der Waals surface area contributed by atoms with Crippen molar-refractivity contribution in [1.29, 1.82) is 0 Å². The molecule has 3 N–H and O–H groups in total. The molecular weight excluding hydrogens is 286 g/mol. The van der Waals surface area contributed by atoms with Gasteiger partial charge in [0.05, 0.1) is 10.5 Å². The van der Waals surface area contributed by atoms with Crippen molar-refractivity contribution in [1.82, 2.24) is 10.3 Å². The van der Waals surface area contributed by atoms with Crippen molar-refractivity contribution in [3.8, 4) is 0 Å². The summed E-state index contributed by atoms with van der Waals surface area (Å²) in [5, 5.41) is 23.4. The molecule has 3 rings (SSSR count). The zero-order chi connectivity index (χ0) is 15.7. The van der Waals surface area contributed by atoms with E-state index in [0.29, 0.717) is 28.8 Å². The van der Waals surface area contributed by atoms with Gasteiger partial charge in [0.25, 0.3) is 11.6 Å². The van der Waals surface area contributed by atoms with Crippen LogP contribution in [0.25, 0.3) is 10.9 Å². The maximum atomic E-state index is 12.4. The van der Waals surface area contributed by atoms with Crippen LogP contribution in [-0.4, -0.2) is 33.6 Å². The van der Waals surface area contributed by atoms with Crippen molar-refractivity contribution in [3.05, 3.63) is 40.1 Å². The molecule has 116 valence electrons. The molecule has 1 amide bonds. The number of rotatable bonds is 6. The Balaban J connectivity index is 1.86. The van der Waals surface area contributed by atoms with E-state index in [9.17, 15) is 14.9 Å². The fraction of sp³-hybridized carbons (Fsp3) is 0.400. The number of carbonyl (C=O) groups excluding carboxylic acids is 1. The predicted octanol–water partition coefficient (Wildman–Crippen LogP) is 1.97. The number of carbonyl (C=O) groups is 1. The molecule has 1 aliphatic carbocycles. The summed E-state index contributed by atoms with van der Waals surface area (Å²) in [6.07, 6.45) is 4.21. The molecule has 7 nitrogen and oxygen atoms in total. The van der Waals surface area contributed by atoms with Gasteiger partial charge in [0.2, 0.25) is 0 Å². The molecule has 0 bridgehead atoms. The molecule has 0 aliphatic heterocycles. The number of non-ortho nitro benzene ring substituents is 1. The maximum absolute atomic E-state index is 12.4. The number of aliphatic hydroxyl groups is 1. The molecule has 1 aromatic heterocycles. The van der Waals surface area contributed by atoms with E-state index in [4.69, 9.17) is 5.11 Å². The molecule has 22 heavy (non-hydrogen) atoms. The summed E-state index contributed by atoms with van der Waals surface area (Å²) in [6, 6.07) is 4.36. The molecule has 1 aliphatic rings. The minimum Gasteiger partial charge on any atom is -0.396 e. The lowest BCUT2D eigenvalue weighted by Gasteiger charge is -2.16. The van der Waals surface area contributed by atoms with E-state index >= 15 is 0 Å². The van der Waals surface area contributed by atoms with Crippen LogP contribution in [0.15, 0.2) is 24.4 Å². The largest absolute Gasteiger partial charge is 0.396 e. The van der Waals surface area contributed by atoms with Crippen molar-refractivity contribution in [2.45, 2.75) is 25.3 Å². The number of H-pyrrole nitrogens is 1. The molecule has 1 atom stereocenters. The van der Waals surface area contributed by atoms with Gasteiger partial charge in [-0.05, 0) is 31.2 Å². The SMILES string of the molecule is O=C(NC(CCO)C1CC1)c1c[nH]c2ccc([N+](=O)[O-])cc12. The van der Waals surface area contributed by atoms with Crippen molar-refractivity contribution in [2.24, 2.45) is 5.92 Å². The third-order valence-corrected chi connectivity index (χ3v) is 4.07. The smallest absolute Gasteiger partial charge is 0.270 e. The summed E-state index contributed by atoms with van der Waals surface area (Å²) in [7, 11) is 0. The number of hydrogen-bond acceptors (Lipinski definition) is 4. The number of hydrogen-bond donors (Lipinski definition) is 3. The molecule has 1 saturated carbocycles. The fourth-order valence-corrected chi connectivity index (χ4v) is 2.72. The molecule has 0 radical (unpaired) electrons. The van der Waals surface area contributed by atoms with Gasteiger partial charge in [-0.3, -0.25) is 14.9 Å². The van der Waals surface area contributed by atoms with Crippen LogP contribution in [0, 0.1) is 16.0 Å². The van der Waals surface area contributed by atoms with Crippen LogP contribution in [0.3, 0.4) is 0 Å². The average molecular weight is 303 g/mol. The maximum Gasteiger partial charge on any atom is 0.270 e. The Kier molecular flexibility index (Phi) is 3.81. The number of nitrogens with one attached hydrogen (secondary N) is 2. The number of benzene rings is 1. The summed E-state index contributed by atoms with van der Waals surface area (Å²) in [5.41, 5.74) is 1.03. The number of nitro groups is 1. The second-order valence-corrected chi connectivity index (χ2v) is 5.62. The molecular formula is C15H17N3O4. The van der Waals surface area contributed by atoms with Gasteiger partial charge < -0.3 is 15.4 Å². The topological polar surface area (TPSA) is 108 Å². The molecule has 1 unspecified atom stereocenters. The van der Waals surface area contributed by atoms with E-state index < -0.39 is 4.92 Å². The van der Waals surface area contributed by atoms with Crippen LogP contribution in [0.5, 0.6) is 0 Å². The molecule has 0 spiro atoms. The zero-order valence-electron chi connectivity index (χ0n) is 11.9. The summed E-state index contributed by atoms with van der Waals surface area (Å²) in [5.74, 6) is 0.160. The van der Waals surface area contributed by atoms with Crippen LogP contribution in [0.4, 0.5) is 5.69 Å². The first-order valence-electron chi connectivity index (χ1n) is 7.27. The van der Waals surface area contributed by atoms with Crippen LogP contribution in [-0.2, 0) is 0 Å². The molecule has 2 aromatic rings. The number of aliphatic hydroxyl groups excluding tert-OH is 1. The number of fused-ring (bicyclic) bond motifs is 1. The van der Waals surface area contributed by atoms with Crippen LogP contribution < -0.4 is 5.32 Å². The monoisotopic (exact) mass is 303 g/mol. The Morgan fingerprint density at radius 1 is 1.50 bits per heavy atom. The Morgan fingerprint density at radius 3 is 2.91 bits per heavy atom. The Morgan fingerprint density at radius 2 is 2.27 bits per heavy atom. The summed E-state index contributed by atoms with van der Waals surface area (Å²) in [6.45, 7) is 0.0286. The fourth-order valence-electron chi connectivity index (χ4n) is 2.72. The lowest BCUT2D eigenvalue weighted by atomic mass is 10.1. The molecule has 1 aromatic carbocycles. The third kappa shape index (κ3) is 2.80. The number of aromatic nitrogens is 1. The van der Waals surface area contributed by atoms with E-state index in [2.05, 4.69) is 10.3 Å². The van der Waals surface area contributed by atoms with Crippen LogP contribution in [0.1, 0.15) is 29.6 Å². The molecule has 1 fully saturated rings. The highest BCUT2D eigenvalue weighted by atomic mass is 16.6. The Labute approximate surface area is 126 Å². The normalized spacial score (nSPS) is 15.7. The van der Waals surface area contributed by atoms with Gasteiger partial charge in [-0.25, -0.2) is 0 Å². The highest BCUT2D eigenvalue weighted by Crippen LogP contribution is 2.34. The second-order valence-electron chi connectivity index (χ2n) is 5.62. The van der Waals surface area contributed by atoms with Crippen molar-refractivity contribution < 1.29 is 14.8 Å². The molecule has 7 heteroatoms. The summed E-state index contributed by atoms with van der Waals surface area (Å²) < 4.78 is 0. The average Bonchev–Trinajstić information content (AvgIpc) is 3.25. The summed E-state index contributed by atoms with van der Waals surface area (Å²) in [4.78, 5) is 25.8. The van der Waals surface area contributed by atoms with Gasteiger partial charge in [0.1, 0.15) is 0 Å². The van der Waals surface area contributed by atoms with Gasteiger partial charge in [0, 0.05) is 41.9 Å². The van der Waals surface area contributed by atoms with E-state index in [1.807, 2.05) is 0 Å². The predicted molar refractivity (Wildman–Crippen MR) is 80.6 cm³/mol. The minimum absolute atomic E-state index is 0.0286. The molecule has 0 saturated heterocycles. The van der Waals surface area contributed by atoms with E-state index in [0.717, 1.165) is 12.8 Å². The van der Waals surface area contributed by atoms with Crippen LogP contribution >= 0.6 is 0 Å². The lowest BCUT2D eigenvalue weighted by Crippen LogP contribution is -2.37. The quantitative estimate of drug-likeness (QED) is 0.560. The van der Waals surface area contributed by atoms with E-state index in [1.165, 1.54) is 12.1 Å². The van der Waals surface area contributed by atoms with Gasteiger partial charge in [-0.15, -0.1) is 0 Å². The number of aromatic amines is 1. The first kappa shape index (κ1) is 14.5. The minimum atomic E-state index is -0.479. The highest BCUT2D eigenvalue weighted by molar-refractivity contribution is 6.07. The third-order valence-electron chi connectivity index (χ3n) is 4.07. The highest BCUT2D eigenvalue weighted by Gasteiger charge is 2.32. The Bertz CT molecular complexity index is 721. The number of nitrogens with zero attached hydrogens (tertiary/aromatic N) is 1. The van der Waals surface area contributed by atoms with Gasteiger partial charge in [-0.1, -0.05) is 0 Å². The van der Waals surface area contributed by atoms with Crippen molar-refractivity contribution >= 4 is 22.5 Å². The molecule has 1 heterocycles. The van der Waals surface area contributed by atoms with Crippen LogP contribution in [0.2, 0.25) is 0 Å². The summed E-state index contributed by atoms with van der Waals surface area (Å²) >= 11 is 0. The number of amides is 1. The van der Waals surface area contributed by atoms with Gasteiger partial charge in [-0.2, -0.15) is 0 Å². The van der Waals surface area contributed by atoms with E-state index in [-0.39, 0.29) is 24.2 Å². The standard InChI is InChI=1S/C15H17N3O4/c19-6-5-13(9-1-2-9)17-15(20)12-8-16-14-4-3-10(18(21)22)7-11(12)14/h3-4,7-9,13,16,19H,1-2,5-6H2,(H,17,20). The van der Waals surface area contributed by atoms with Gasteiger partial charge in [0.15, 0.2) is 0 Å². The Hall–Kier alpha value is -2.41. The first-order valence-corrected chi connectivity index (χ1v) is 7.27. The van der Waals surface area contributed by atoms with E-state index in [1.54, 1.807) is 12.3 Å². The van der Waals surface area contributed by atoms with Crippen molar-refractivity contribution in [3.63, 3.8) is 0 Å². The second kappa shape index (κ2) is 5.76. The zero-order valence-corrected chi connectivity index (χ0v) is 11.9. The number of nitro benzene ring substituents is 1. The van der Waals surface area contributed by atoms with Crippen molar-refractivity contribution in [2.75, 3.05) is 6.61 Å².